The van der Waals surface area contributed by atoms with E-state index in [2.05, 4.69) is 17.4 Å². The molecule has 5 nitrogen and oxygen atoms in total. The van der Waals surface area contributed by atoms with Crippen LogP contribution in [0.3, 0.4) is 0 Å². The summed E-state index contributed by atoms with van der Waals surface area (Å²) in [6, 6.07) is 13.3. The van der Waals surface area contributed by atoms with Crippen LogP contribution < -0.4 is 5.32 Å². The molecule has 0 saturated carbocycles. The number of hydrogen-bond donors (Lipinski definition) is 1. The molecule has 0 unspecified atom stereocenters. The molecule has 0 bridgehead atoms. The summed E-state index contributed by atoms with van der Waals surface area (Å²) in [4.78, 5) is 27.2. The molecule has 2 aromatic carbocycles. The van der Waals surface area contributed by atoms with Crippen LogP contribution >= 0.6 is 0 Å². The summed E-state index contributed by atoms with van der Waals surface area (Å²) >= 11 is 0. The van der Waals surface area contributed by atoms with Crippen LogP contribution in [0.5, 0.6) is 0 Å². The molecule has 2 aliphatic rings. The van der Waals surface area contributed by atoms with Crippen molar-refractivity contribution >= 4 is 11.8 Å². The Morgan fingerprint density at radius 3 is 2.34 bits per heavy atom. The van der Waals surface area contributed by atoms with E-state index in [0.717, 1.165) is 23.8 Å². The molecule has 0 aromatic heterocycles. The molecule has 2 amide bonds. The van der Waals surface area contributed by atoms with Gasteiger partial charge in [-0.05, 0) is 43.2 Å². The number of benzene rings is 2. The summed E-state index contributed by atoms with van der Waals surface area (Å²) in [6.07, 6.45) is -3.77. The van der Waals surface area contributed by atoms with Gasteiger partial charge in [-0.25, -0.2) is 0 Å². The fourth-order valence-electron chi connectivity index (χ4n) is 5.82. The van der Waals surface area contributed by atoms with Crippen LogP contribution in [-0.2, 0) is 19.9 Å². The van der Waals surface area contributed by atoms with Gasteiger partial charge in [-0.1, -0.05) is 54.1 Å². The monoisotopic (exact) mass is 488 g/mol. The first kappa shape index (κ1) is 25.2. The number of alkyl halides is 3. The highest BCUT2D eigenvalue weighted by Gasteiger charge is 2.64. The van der Waals surface area contributed by atoms with E-state index in [1.54, 1.807) is 6.07 Å². The van der Waals surface area contributed by atoms with E-state index in [4.69, 9.17) is 4.74 Å². The Hall–Kier alpha value is -2.87. The van der Waals surface area contributed by atoms with Crippen molar-refractivity contribution in [1.82, 2.24) is 10.2 Å². The van der Waals surface area contributed by atoms with Crippen LogP contribution in [0.4, 0.5) is 13.2 Å². The second kappa shape index (κ2) is 9.30. The zero-order valence-electron chi connectivity index (χ0n) is 20.2. The van der Waals surface area contributed by atoms with Gasteiger partial charge in [-0.15, -0.1) is 0 Å². The van der Waals surface area contributed by atoms with E-state index in [-0.39, 0.29) is 30.5 Å². The van der Waals surface area contributed by atoms with Crippen molar-refractivity contribution in [2.75, 3.05) is 26.7 Å². The van der Waals surface area contributed by atoms with E-state index in [0.29, 0.717) is 25.8 Å². The Bertz CT molecular complexity index is 1090. The number of nitrogens with one attached hydrogen (secondary N) is 1. The first-order valence-electron chi connectivity index (χ1n) is 11.8. The summed E-state index contributed by atoms with van der Waals surface area (Å²) < 4.78 is 48.2. The molecular weight excluding hydrogens is 457 g/mol. The number of hydrogen-bond acceptors (Lipinski definition) is 3. The number of carbonyl (C=O) groups excluding carboxylic acids is 2. The van der Waals surface area contributed by atoms with Crippen molar-refractivity contribution in [3.05, 3.63) is 70.8 Å². The van der Waals surface area contributed by atoms with Gasteiger partial charge in [0, 0.05) is 44.6 Å². The van der Waals surface area contributed by atoms with Crippen LogP contribution in [0, 0.1) is 19.3 Å². The van der Waals surface area contributed by atoms with E-state index in [9.17, 15) is 22.8 Å². The Morgan fingerprint density at radius 1 is 1.09 bits per heavy atom. The second-order valence-corrected chi connectivity index (χ2v) is 9.80. The lowest BCUT2D eigenvalue weighted by Crippen LogP contribution is -2.60. The normalized spacial score (nSPS) is 21.9. The highest BCUT2D eigenvalue weighted by molar-refractivity contribution is 5.88. The molecular formula is C27H31F3N2O3. The summed E-state index contributed by atoms with van der Waals surface area (Å²) in [5.41, 5.74) is -0.355. The fraction of sp³-hybridized carbons (Fsp3) is 0.481. The zero-order chi connectivity index (χ0) is 25.4. The summed E-state index contributed by atoms with van der Waals surface area (Å²) in [6.45, 7) is 4.78. The Labute approximate surface area is 203 Å². The average molecular weight is 489 g/mol. The molecule has 2 atom stereocenters. The van der Waals surface area contributed by atoms with Gasteiger partial charge >= 0.3 is 6.18 Å². The minimum atomic E-state index is -4.94. The van der Waals surface area contributed by atoms with Crippen LogP contribution in [-0.4, -0.2) is 49.6 Å². The maximum absolute atomic E-state index is 14.4. The van der Waals surface area contributed by atoms with E-state index in [1.165, 1.54) is 29.2 Å². The third-order valence-electron chi connectivity index (χ3n) is 7.80. The van der Waals surface area contributed by atoms with E-state index in [1.807, 2.05) is 19.9 Å². The minimum Gasteiger partial charge on any atom is -0.356 e. The first-order chi connectivity index (χ1) is 16.5. The second-order valence-electron chi connectivity index (χ2n) is 9.80. The Kier molecular flexibility index (Phi) is 6.70. The predicted molar refractivity (Wildman–Crippen MR) is 126 cm³/mol. The van der Waals surface area contributed by atoms with Gasteiger partial charge < -0.3 is 15.0 Å². The van der Waals surface area contributed by atoms with Gasteiger partial charge in [-0.3, -0.25) is 9.59 Å². The third-order valence-corrected chi connectivity index (χ3v) is 7.80. The van der Waals surface area contributed by atoms with Crippen molar-refractivity contribution in [1.29, 1.82) is 0 Å². The molecule has 0 aliphatic carbocycles. The topological polar surface area (TPSA) is 58.6 Å². The van der Waals surface area contributed by atoms with Crippen molar-refractivity contribution < 1.29 is 27.5 Å². The fourth-order valence-corrected chi connectivity index (χ4v) is 5.82. The standard InChI is InChI=1S/C27H31F3N2O3/c1-18-9-10-19(2)21(15-18)22-17-31-23(33)16-25(22)11-13-32(14-12-25)24(34)26(35-3,27(28,29)30)20-7-5-4-6-8-20/h4-10,15,22H,11-14,16-17H2,1-3H3,(H,31,33)/t22-,26+/m0/s1. The maximum atomic E-state index is 14.4. The number of halogens is 3. The highest BCUT2D eigenvalue weighted by Crippen LogP contribution is 2.51. The number of carbonyl (C=O) groups is 2. The number of amides is 2. The molecule has 0 radical (unpaired) electrons. The van der Waals surface area contributed by atoms with Gasteiger partial charge in [-0.2, -0.15) is 13.2 Å². The van der Waals surface area contributed by atoms with Crippen LogP contribution in [0.1, 0.15) is 47.4 Å². The smallest absolute Gasteiger partial charge is 0.356 e. The molecule has 35 heavy (non-hydrogen) atoms. The Balaban J connectivity index is 1.64. The van der Waals surface area contributed by atoms with Crippen molar-refractivity contribution in [2.45, 2.75) is 50.8 Å². The number of rotatable bonds is 4. The lowest BCUT2D eigenvalue weighted by atomic mass is 9.62. The van der Waals surface area contributed by atoms with Gasteiger partial charge in [0.2, 0.25) is 5.91 Å². The van der Waals surface area contributed by atoms with Crippen molar-refractivity contribution in [3.63, 3.8) is 0 Å². The van der Waals surface area contributed by atoms with E-state index < -0.39 is 23.1 Å². The maximum Gasteiger partial charge on any atom is 0.430 e. The number of nitrogens with zero attached hydrogens (tertiary/aromatic N) is 1. The van der Waals surface area contributed by atoms with Gasteiger partial charge in [0.25, 0.3) is 11.5 Å². The minimum absolute atomic E-state index is 0.0290. The SMILES string of the molecule is CO[C@@](C(=O)N1CCC2(CC1)CC(=O)NC[C@H]2c1cc(C)ccc1C)(c1ccccc1)C(F)(F)F. The molecule has 4 rings (SSSR count). The molecule has 1 N–H and O–H groups in total. The lowest BCUT2D eigenvalue weighted by molar-refractivity contribution is -0.271. The van der Waals surface area contributed by atoms with Gasteiger partial charge in [0.05, 0.1) is 0 Å². The third kappa shape index (κ3) is 4.33. The molecule has 2 saturated heterocycles. The largest absolute Gasteiger partial charge is 0.430 e. The number of aryl methyl sites for hydroxylation is 2. The molecule has 2 fully saturated rings. The van der Waals surface area contributed by atoms with Gasteiger partial charge in [0.15, 0.2) is 0 Å². The summed E-state index contributed by atoms with van der Waals surface area (Å²) in [5.74, 6) is -1.14. The molecule has 2 aromatic rings. The Morgan fingerprint density at radius 2 is 1.74 bits per heavy atom. The lowest BCUT2D eigenvalue weighted by Gasteiger charge is -2.50. The molecule has 188 valence electrons. The van der Waals surface area contributed by atoms with Gasteiger partial charge in [0.1, 0.15) is 0 Å². The molecule has 2 heterocycles. The van der Waals surface area contributed by atoms with Crippen LogP contribution in [0.25, 0.3) is 0 Å². The number of likely N-dealkylation sites (tertiary alicyclic amines) is 1. The molecule has 1 spiro atoms. The van der Waals surface area contributed by atoms with Crippen molar-refractivity contribution in [2.24, 2.45) is 5.41 Å². The number of piperidine rings is 2. The average Bonchev–Trinajstić information content (AvgIpc) is 2.82. The number of methoxy groups -OCH3 is 1. The van der Waals surface area contributed by atoms with Crippen LogP contribution in [0.15, 0.2) is 48.5 Å². The summed E-state index contributed by atoms with van der Waals surface area (Å²) in [7, 11) is 0.922. The first-order valence-corrected chi connectivity index (χ1v) is 11.8. The van der Waals surface area contributed by atoms with Crippen molar-refractivity contribution in [3.8, 4) is 0 Å². The van der Waals surface area contributed by atoms with E-state index >= 15 is 0 Å². The summed E-state index contributed by atoms with van der Waals surface area (Å²) in [5, 5.41) is 2.97. The van der Waals surface area contributed by atoms with Crippen LogP contribution in [0.2, 0.25) is 0 Å². The predicted octanol–water partition coefficient (Wildman–Crippen LogP) is 4.62. The highest BCUT2D eigenvalue weighted by atomic mass is 19.4. The molecule has 2 aliphatic heterocycles. The quantitative estimate of drug-likeness (QED) is 0.683. The number of ether oxygens (including phenoxy) is 1. The zero-order valence-corrected chi connectivity index (χ0v) is 20.2. The molecule has 8 heteroatoms.